The molecule has 14 rings (SSSR count). The van der Waals surface area contributed by atoms with Crippen LogP contribution in [0.4, 0.5) is 34.1 Å². The summed E-state index contributed by atoms with van der Waals surface area (Å²) in [5.74, 6) is 0. The molecule has 2 nitrogen and oxygen atoms in total. The third kappa shape index (κ3) is 7.08. The number of hydrogen-bond acceptors (Lipinski definition) is 2. The van der Waals surface area contributed by atoms with Crippen LogP contribution in [0, 0.1) is 0 Å². The van der Waals surface area contributed by atoms with Gasteiger partial charge in [-0.1, -0.05) is 226 Å². The van der Waals surface area contributed by atoms with Gasteiger partial charge >= 0.3 is 0 Å². The fourth-order valence-corrected chi connectivity index (χ4v) is 14.3. The van der Waals surface area contributed by atoms with Gasteiger partial charge in [0.05, 0.1) is 5.69 Å². The van der Waals surface area contributed by atoms with Gasteiger partial charge in [-0.05, 0) is 166 Å². The highest BCUT2D eigenvalue weighted by atomic mass is 15.2. The Balaban J connectivity index is 0.977. The van der Waals surface area contributed by atoms with Gasteiger partial charge in [-0.15, -0.1) is 0 Å². The van der Waals surface area contributed by atoms with E-state index in [9.17, 15) is 0 Å². The molecule has 2 aliphatic heterocycles. The molecule has 5 aliphatic rings. The highest BCUT2D eigenvalue weighted by Gasteiger charge is 2.45. The molecule has 9 aromatic rings. The van der Waals surface area contributed by atoms with Crippen molar-refractivity contribution in [3.8, 4) is 33.4 Å². The minimum Gasteiger partial charge on any atom is -0.311 e. The molecule has 0 saturated heterocycles. The van der Waals surface area contributed by atoms with Crippen LogP contribution in [-0.2, 0) is 21.7 Å². The van der Waals surface area contributed by atoms with Gasteiger partial charge in [0.1, 0.15) is 0 Å². The van der Waals surface area contributed by atoms with Crippen molar-refractivity contribution in [1.29, 1.82) is 0 Å². The van der Waals surface area contributed by atoms with Crippen LogP contribution in [0.1, 0.15) is 121 Å². The maximum absolute atomic E-state index is 2.61. The van der Waals surface area contributed by atoms with E-state index in [4.69, 9.17) is 0 Å². The van der Waals surface area contributed by atoms with Crippen molar-refractivity contribution in [3.05, 3.63) is 245 Å². The Morgan fingerprint density at radius 2 is 1.01 bits per heavy atom. The maximum Gasteiger partial charge on any atom is 0.252 e. The van der Waals surface area contributed by atoms with Crippen molar-refractivity contribution in [2.75, 3.05) is 9.80 Å². The van der Waals surface area contributed by atoms with Crippen LogP contribution >= 0.6 is 0 Å². The number of rotatable bonds is 5. The molecule has 0 spiro atoms. The first-order valence-corrected chi connectivity index (χ1v) is 28.1. The van der Waals surface area contributed by atoms with Gasteiger partial charge in [0, 0.05) is 44.8 Å². The smallest absolute Gasteiger partial charge is 0.252 e. The average Bonchev–Trinajstić information content (AvgIpc) is 3.99. The van der Waals surface area contributed by atoms with Crippen LogP contribution in [0.2, 0.25) is 0 Å². The summed E-state index contributed by atoms with van der Waals surface area (Å²) in [6.45, 7) is 23.7. The molecular weight excluding hydrogens is 928 g/mol. The third-order valence-corrected chi connectivity index (χ3v) is 18.3. The number of anilines is 6. The van der Waals surface area contributed by atoms with E-state index in [0.29, 0.717) is 0 Å². The first-order chi connectivity index (χ1) is 37.0. The first kappa shape index (κ1) is 47.6. The summed E-state index contributed by atoms with van der Waals surface area (Å²) >= 11 is 0. The first-order valence-electron chi connectivity index (χ1n) is 28.1. The van der Waals surface area contributed by atoms with E-state index in [0.717, 1.165) is 12.8 Å². The highest BCUT2D eigenvalue weighted by molar-refractivity contribution is 7.00. The minimum atomic E-state index is -0.0893. The molecule has 0 aromatic heterocycles. The molecule has 0 atom stereocenters. The van der Waals surface area contributed by atoms with Crippen LogP contribution in [0.5, 0.6) is 0 Å². The second-order valence-electron chi connectivity index (χ2n) is 25.6. The average molecular weight is 995 g/mol. The van der Waals surface area contributed by atoms with E-state index in [-0.39, 0.29) is 28.4 Å². The van der Waals surface area contributed by atoms with Crippen molar-refractivity contribution in [2.45, 2.75) is 104 Å². The quantitative estimate of drug-likeness (QED) is 0.159. The van der Waals surface area contributed by atoms with Crippen LogP contribution < -0.4 is 26.2 Å². The second kappa shape index (κ2) is 16.8. The zero-order valence-corrected chi connectivity index (χ0v) is 46.4. The Morgan fingerprint density at radius 3 is 1.75 bits per heavy atom. The fourth-order valence-electron chi connectivity index (χ4n) is 14.3. The third-order valence-electron chi connectivity index (χ3n) is 18.3. The summed E-state index contributed by atoms with van der Waals surface area (Å²) in [5.41, 5.74) is 32.6. The number of benzene rings is 9. The van der Waals surface area contributed by atoms with E-state index in [2.05, 4.69) is 279 Å². The Bertz CT molecular complexity index is 4000. The molecule has 0 bridgehead atoms. The topological polar surface area (TPSA) is 6.48 Å². The lowest BCUT2D eigenvalue weighted by atomic mass is 9.33. The predicted molar refractivity (Wildman–Crippen MR) is 330 cm³/mol. The summed E-state index contributed by atoms with van der Waals surface area (Å²) in [4.78, 5) is 5.19. The van der Waals surface area contributed by atoms with E-state index in [1.165, 1.54) is 134 Å². The molecule has 0 amide bonds. The number of fused-ring (bicyclic) bond motifs is 9. The molecule has 3 aliphatic carbocycles. The summed E-state index contributed by atoms with van der Waals surface area (Å²) < 4.78 is 0. The summed E-state index contributed by atoms with van der Waals surface area (Å²) in [6, 6.07) is 74.8. The van der Waals surface area contributed by atoms with Gasteiger partial charge in [-0.2, -0.15) is 0 Å². The Morgan fingerprint density at radius 1 is 0.416 bits per heavy atom. The van der Waals surface area contributed by atoms with Crippen molar-refractivity contribution in [1.82, 2.24) is 0 Å². The largest absolute Gasteiger partial charge is 0.311 e. The standard InChI is InChI=1S/C74H67BN2/c1-71(2,3)49-37-42-64-62(44-49)75-61-40-36-50(72(4,5)6)45-67(61)76(51-38-33-47(34-39-51)52-25-18-29-59-68(52)54-23-14-16-27-57(54)73(59,7)8)65-31-20-32-66(70(65)75)77(64)63-41-35-48(43-56(63)46-21-12-11-13-22-46)53-26-19-30-60-69(53)55-24-15-17-28-58(55)74(60,9)10/h11-17,19-28,30-45H,18,29H2,1-10H3. The van der Waals surface area contributed by atoms with Crippen molar-refractivity contribution >= 4 is 68.4 Å². The Labute approximate surface area is 457 Å². The molecule has 0 fully saturated rings. The Hall–Kier alpha value is -7.88. The van der Waals surface area contributed by atoms with Gasteiger partial charge in [0.25, 0.3) is 6.71 Å². The second-order valence-corrected chi connectivity index (χ2v) is 25.6. The van der Waals surface area contributed by atoms with Crippen LogP contribution in [0.25, 0.3) is 44.5 Å². The normalized spacial score (nSPS) is 16.2. The minimum absolute atomic E-state index is 0.00705. The monoisotopic (exact) mass is 995 g/mol. The van der Waals surface area contributed by atoms with Crippen LogP contribution in [-0.4, -0.2) is 6.71 Å². The van der Waals surface area contributed by atoms with Gasteiger partial charge in [-0.25, -0.2) is 0 Å². The van der Waals surface area contributed by atoms with Gasteiger partial charge in [-0.3, -0.25) is 0 Å². The molecule has 3 heteroatoms. The molecule has 77 heavy (non-hydrogen) atoms. The zero-order chi connectivity index (χ0) is 52.9. The molecule has 9 aromatic carbocycles. The summed E-state index contributed by atoms with van der Waals surface area (Å²) in [7, 11) is 0. The molecule has 0 unspecified atom stereocenters. The lowest BCUT2D eigenvalue weighted by molar-refractivity contribution is 0.590. The van der Waals surface area contributed by atoms with Gasteiger partial charge < -0.3 is 9.80 Å². The fraction of sp³-hybridized carbons (Fsp3) is 0.216. The van der Waals surface area contributed by atoms with E-state index in [1.807, 2.05) is 0 Å². The predicted octanol–water partition coefficient (Wildman–Crippen LogP) is 17.9. The Kier molecular flexibility index (Phi) is 10.4. The lowest BCUT2D eigenvalue weighted by Crippen LogP contribution is -2.61. The van der Waals surface area contributed by atoms with Crippen LogP contribution in [0.3, 0.4) is 0 Å². The number of nitrogens with zero attached hydrogens (tertiary/aromatic N) is 2. The number of allylic oxidation sites excluding steroid dienone is 4. The molecule has 0 saturated carbocycles. The molecular formula is C74H67BN2. The molecule has 0 radical (unpaired) electrons. The summed E-state index contributed by atoms with van der Waals surface area (Å²) in [6.07, 6.45) is 4.66. The SMILES string of the molecule is CC(C)(C)c1ccc2c(c1)B1c3ccc(C(C)(C)C)cc3N(c3ccc(C4=CCCC5=C4c4ccccc4C5(C)C)cc3)c3cccc(c31)N2c1ccc(-c2cccc3c2-c2ccccc2C3(C)C)cc1-c1ccccc1. The van der Waals surface area contributed by atoms with E-state index < -0.39 is 0 Å². The highest BCUT2D eigenvalue weighted by Crippen LogP contribution is 2.56. The van der Waals surface area contributed by atoms with Crippen molar-refractivity contribution in [3.63, 3.8) is 0 Å². The van der Waals surface area contributed by atoms with E-state index in [1.54, 1.807) is 5.57 Å². The number of hydrogen-bond donors (Lipinski definition) is 0. The molecule has 2 heterocycles. The van der Waals surface area contributed by atoms with Crippen molar-refractivity contribution in [2.24, 2.45) is 0 Å². The van der Waals surface area contributed by atoms with Crippen molar-refractivity contribution < 1.29 is 0 Å². The van der Waals surface area contributed by atoms with Crippen LogP contribution in [0.15, 0.2) is 206 Å². The zero-order valence-electron chi connectivity index (χ0n) is 46.4. The van der Waals surface area contributed by atoms with Gasteiger partial charge in [0.15, 0.2) is 0 Å². The van der Waals surface area contributed by atoms with Gasteiger partial charge in [0.2, 0.25) is 0 Å². The maximum atomic E-state index is 2.61. The van der Waals surface area contributed by atoms with E-state index >= 15 is 0 Å². The molecule has 0 N–H and O–H groups in total. The lowest BCUT2D eigenvalue weighted by Gasteiger charge is -2.45. The summed E-state index contributed by atoms with van der Waals surface area (Å²) in [5, 5.41) is 0. The molecule has 376 valence electrons.